The molecule has 0 unspecified atom stereocenters. The number of nitrogens with zero attached hydrogens (tertiary/aromatic N) is 1. The zero-order valence-corrected chi connectivity index (χ0v) is 20.7. The lowest BCUT2D eigenvalue weighted by molar-refractivity contribution is -0.118. The third-order valence-electron chi connectivity index (χ3n) is 4.96. The minimum absolute atomic E-state index is 0.0867. The van der Waals surface area contributed by atoms with Crippen molar-refractivity contribution in [1.82, 2.24) is 5.32 Å². The molecular weight excluding hydrogens is 538 g/mol. The van der Waals surface area contributed by atoms with Crippen molar-refractivity contribution in [2.24, 2.45) is 0 Å². The van der Waals surface area contributed by atoms with E-state index in [4.69, 9.17) is 21.1 Å². The van der Waals surface area contributed by atoms with E-state index in [1.807, 2.05) is 18.2 Å². The van der Waals surface area contributed by atoms with E-state index in [0.717, 1.165) is 4.90 Å². The maximum absolute atomic E-state index is 12.9. The number of para-hydroxylation sites is 1. The fraction of sp³-hybridized carbons (Fsp3) is 0.0800. The maximum atomic E-state index is 12.9. The Bertz CT molecular complexity index is 1310. The Morgan fingerprint density at radius 3 is 2.49 bits per heavy atom. The number of imide groups is 1. The molecule has 0 atom stereocenters. The van der Waals surface area contributed by atoms with Crippen LogP contribution in [0, 0.1) is 0 Å². The summed E-state index contributed by atoms with van der Waals surface area (Å²) < 4.78 is 11.6. The molecular formula is C25H19BrClN3O5. The second-order valence-electron chi connectivity index (χ2n) is 7.33. The van der Waals surface area contributed by atoms with E-state index in [1.54, 1.807) is 48.5 Å². The van der Waals surface area contributed by atoms with Crippen LogP contribution in [-0.4, -0.2) is 31.6 Å². The fourth-order valence-electron chi connectivity index (χ4n) is 3.31. The van der Waals surface area contributed by atoms with Crippen LogP contribution >= 0.6 is 27.5 Å². The highest BCUT2D eigenvalue weighted by Crippen LogP contribution is 2.35. The lowest BCUT2D eigenvalue weighted by Gasteiger charge is -2.13. The highest BCUT2D eigenvalue weighted by molar-refractivity contribution is 9.10. The Balaban J connectivity index is 1.51. The Morgan fingerprint density at radius 2 is 1.80 bits per heavy atom. The highest BCUT2D eigenvalue weighted by Gasteiger charge is 2.35. The summed E-state index contributed by atoms with van der Waals surface area (Å²) in [5.41, 5.74) is 1.70. The summed E-state index contributed by atoms with van der Waals surface area (Å²) in [5.74, 6) is -0.170. The van der Waals surface area contributed by atoms with Crippen LogP contribution in [0.1, 0.15) is 5.56 Å². The first-order valence-electron chi connectivity index (χ1n) is 10.3. The Hall–Kier alpha value is -3.82. The number of amides is 4. The summed E-state index contributed by atoms with van der Waals surface area (Å²) in [4.78, 5) is 38.6. The molecule has 3 aromatic rings. The number of methoxy groups -OCH3 is 1. The minimum atomic E-state index is -0.573. The van der Waals surface area contributed by atoms with Crippen molar-refractivity contribution in [3.63, 3.8) is 0 Å². The summed E-state index contributed by atoms with van der Waals surface area (Å²) in [6, 6.07) is 18.1. The zero-order chi connectivity index (χ0) is 24.9. The van der Waals surface area contributed by atoms with Crippen molar-refractivity contribution in [3.05, 3.63) is 87.5 Å². The summed E-state index contributed by atoms with van der Waals surface area (Å²) >= 11 is 9.35. The third kappa shape index (κ3) is 5.64. The molecule has 35 heavy (non-hydrogen) atoms. The zero-order valence-electron chi connectivity index (χ0n) is 18.4. The van der Waals surface area contributed by atoms with E-state index in [9.17, 15) is 14.4 Å². The van der Waals surface area contributed by atoms with E-state index in [2.05, 4.69) is 26.6 Å². The van der Waals surface area contributed by atoms with Crippen LogP contribution in [0.15, 0.2) is 76.9 Å². The van der Waals surface area contributed by atoms with Crippen LogP contribution in [0.2, 0.25) is 5.02 Å². The average Bonchev–Trinajstić information content (AvgIpc) is 3.13. The molecule has 1 fully saturated rings. The number of urea groups is 1. The first-order valence-corrected chi connectivity index (χ1v) is 11.5. The maximum Gasteiger partial charge on any atom is 0.333 e. The van der Waals surface area contributed by atoms with E-state index in [0.29, 0.717) is 37.9 Å². The number of carbonyl (C=O) groups excluding carboxylic acids is 3. The van der Waals surface area contributed by atoms with E-state index >= 15 is 0 Å². The molecule has 0 spiro atoms. The second-order valence-corrected chi connectivity index (χ2v) is 8.62. The highest BCUT2D eigenvalue weighted by atomic mass is 79.9. The molecule has 178 valence electrons. The fourth-order valence-corrected chi connectivity index (χ4v) is 3.87. The van der Waals surface area contributed by atoms with Crippen molar-refractivity contribution < 1.29 is 23.9 Å². The SMILES string of the molecule is COc1cc(/C=C2/NC(=O)N(c3ccc(Cl)cc3)C2=O)c(Br)cc1OCC(=O)Nc1ccccc1. The van der Waals surface area contributed by atoms with Gasteiger partial charge in [0.2, 0.25) is 0 Å². The lowest BCUT2D eigenvalue weighted by atomic mass is 10.1. The molecule has 0 aliphatic carbocycles. The van der Waals surface area contributed by atoms with Crippen molar-refractivity contribution in [3.8, 4) is 11.5 Å². The molecule has 2 N–H and O–H groups in total. The molecule has 1 heterocycles. The van der Waals surface area contributed by atoms with Gasteiger partial charge in [-0.1, -0.05) is 45.7 Å². The van der Waals surface area contributed by atoms with Gasteiger partial charge in [0.15, 0.2) is 18.1 Å². The van der Waals surface area contributed by atoms with Gasteiger partial charge in [0, 0.05) is 15.2 Å². The lowest BCUT2D eigenvalue weighted by Crippen LogP contribution is -2.30. The quantitative estimate of drug-likeness (QED) is 0.307. The van der Waals surface area contributed by atoms with Crippen LogP contribution in [0.5, 0.6) is 11.5 Å². The molecule has 1 aliphatic heterocycles. The third-order valence-corrected chi connectivity index (χ3v) is 5.90. The Kier molecular flexibility index (Phi) is 7.38. The van der Waals surface area contributed by atoms with E-state index < -0.39 is 11.9 Å². The number of nitrogens with one attached hydrogen (secondary N) is 2. The molecule has 8 nitrogen and oxygen atoms in total. The number of carbonyl (C=O) groups is 3. The number of hydrogen-bond acceptors (Lipinski definition) is 5. The molecule has 3 aromatic carbocycles. The average molecular weight is 557 g/mol. The molecule has 1 aliphatic rings. The second kappa shape index (κ2) is 10.6. The molecule has 4 rings (SSSR count). The topological polar surface area (TPSA) is 97.0 Å². The van der Waals surface area contributed by atoms with Gasteiger partial charge in [-0.3, -0.25) is 9.59 Å². The van der Waals surface area contributed by atoms with Gasteiger partial charge in [-0.05, 0) is 60.2 Å². The molecule has 1 saturated heterocycles. The van der Waals surface area contributed by atoms with Crippen LogP contribution in [-0.2, 0) is 9.59 Å². The van der Waals surface area contributed by atoms with Crippen LogP contribution < -0.4 is 25.0 Å². The van der Waals surface area contributed by atoms with Crippen LogP contribution in [0.4, 0.5) is 16.2 Å². The van der Waals surface area contributed by atoms with Crippen molar-refractivity contribution >= 4 is 62.8 Å². The Labute approximate surface area is 214 Å². The predicted octanol–water partition coefficient (Wildman–Crippen LogP) is 5.23. The van der Waals surface area contributed by atoms with Gasteiger partial charge in [-0.25, -0.2) is 9.69 Å². The van der Waals surface area contributed by atoms with Crippen molar-refractivity contribution in [2.75, 3.05) is 23.9 Å². The largest absolute Gasteiger partial charge is 0.493 e. The normalized spacial score (nSPS) is 14.1. The smallest absolute Gasteiger partial charge is 0.333 e. The first-order chi connectivity index (χ1) is 16.9. The van der Waals surface area contributed by atoms with Crippen LogP contribution in [0.3, 0.4) is 0 Å². The summed E-state index contributed by atoms with van der Waals surface area (Å²) in [7, 11) is 1.46. The predicted molar refractivity (Wildman–Crippen MR) is 137 cm³/mol. The van der Waals surface area contributed by atoms with Gasteiger partial charge in [-0.2, -0.15) is 0 Å². The number of anilines is 2. The number of ether oxygens (including phenoxy) is 2. The standard InChI is InChI=1S/C25H19BrClN3O5/c1-34-21-12-15(11-20-24(32)30(25(33)29-20)18-9-7-16(27)8-10-18)19(26)13-22(21)35-14-23(31)28-17-5-3-2-4-6-17/h2-13H,14H2,1H3,(H,28,31)(H,29,33)/b20-11+. The molecule has 4 amide bonds. The summed E-state index contributed by atoms with van der Waals surface area (Å²) in [6.07, 6.45) is 1.52. The van der Waals surface area contributed by atoms with Gasteiger partial charge >= 0.3 is 6.03 Å². The number of rotatable bonds is 7. The molecule has 0 aromatic heterocycles. The van der Waals surface area contributed by atoms with Crippen molar-refractivity contribution in [2.45, 2.75) is 0 Å². The van der Waals surface area contributed by atoms with Gasteiger partial charge in [0.1, 0.15) is 5.70 Å². The monoisotopic (exact) mass is 555 g/mol. The van der Waals surface area contributed by atoms with E-state index in [1.165, 1.54) is 13.2 Å². The van der Waals surface area contributed by atoms with Gasteiger partial charge in [0.05, 0.1) is 12.8 Å². The van der Waals surface area contributed by atoms with Crippen LogP contribution in [0.25, 0.3) is 6.08 Å². The summed E-state index contributed by atoms with van der Waals surface area (Å²) in [5, 5.41) is 5.81. The molecule has 10 heteroatoms. The van der Waals surface area contributed by atoms with Gasteiger partial charge in [0.25, 0.3) is 11.8 Å². The summed E-state index contributed by atoms with van der Waals surface area (Å²) in [6.45, 7) is -0.233. The van der Waals surface area contributed by atoms with Gasteiger partial charge in [-0.15, -0.1) is 0 Å². The Morgan fingerprint density at radius 1 is 1.09 bits per heavy atom. The number of hydrogen-bond donors (Lipinski definition) is 2. The number of benzene rings is 3. The van der Waals surface area contributed by atoms with Gasteiger partial charge < -0.3 is 20.1 Å². The molecule has 0 radical (unpaired) electrons. The number of halogens is 2. The first kappa shape index (κ1) is 24.3. The molecule has 0 bridgehead atoms. The molecule has 0 saturated carbocycles. The van der Waals surface area contributed by atoms with E-state index in [-0.39, 0.29) is 18.2 Å². The van der Waals surface area contributed by atoms with Crippen molar-refractivity contribution in [1.29, 1.82) is 0 Å². The minimum Gasteiger partial charge on any atom is -0.493 e.